The lowest BCUT2D eigenvalue weighted by atomic mass is 9.89. The molecule has 2 heterocycles. The Kier molecular flexibility index (Phi) is 6.37. The lowest BCUT2D eigenvalue weighted by molar-refractivity contribution is -0.124. The maximum atomic E-state index is 12.7. The molecule has 1 aromatic carbocycles. The van der Waals surface area contributed by atoms with Crippen molar-refractivity contribution in [2.24, 2.45) is 11.8 Å². The standard InChI is InChI=1S/C19H27N5O2.ClH/c1-11(12-4-6-14(7-5-12)22-18(25)13-2-3-13)21-19(26)17-15-10-20-9-8-16(15)23-24-17;/h4-7,11,13,15-17,20,23-24H,2-3,8-10H2,1H3,(H,21,26)(H,22,25);1H. The maximum absolute atomic E-state index is 12.7. The van der Waals surface area contributed by atoms with Crippen LogP contribution in [0.2, 0.25) is 0 Å². The summed E-state index contributed by atoms with van der Waals surface area (Å²) < 4.78 is 0. The molecule has 5 N–H and O–H groups in total. The predicted octanol–water partition coefficient (Wildman–Crippen LogP) is 1.09. The van der Waals surface area contributed by atoms with Crippen LogP contribution in [0, 0.1) is 11.8 Å². The Labute approximate surface area is 165 Å². The molecule has 148 valence electrons. The highest BCUT2D eigenvalue weighted by Crippen LogP contribution is 2.30. The molecule has 8 heteroatoms. The van der Waals surface area contributed by atoms with E-state index < -0.39 is 0 Å². The first kappa shape index (κ1) is 20.1. The second-order valence-corrected chi connectivity index (χ2v) is 7.65. The van der Waals surface area contributed by atoms with Crippen molar-refractivity contribution in [3.05, 3.63) is 29.8 Å². The molecule has 4 unspecified atom stereocenters. The van der Waals surface area contributed by atoms with Gasteiger partial charge in [-0.25, -0.2) is 5.43 Å². The van der Waals surface area contributed by atoms with Gasteiger partial charge < -0.3 is 16.0 Å². The molecular weight excluding hydrogens is 366 g/mol. The molecule has 0 spiro atoms. The predicted molar refractivity (Wildman–Crippen MR) is 106 cm³/mol. The average molecular weight is 394 g/mol. The van der Waals surface area contributed by atoms with Crippen LogP contribution in [0.15, 0.2) is 24.3 Å². The van der Waals surface area contributed by atoms with Gasteiger partial charge in [-0.1, -0.05) is 12.1 Å². The lowest BCUT2D eigenvalue weighted by Gasteiger charge is -2.28. The Morgan fingerprint density at radius 3 is 2.52 bits per heavy atom. The first-order valence-corrected chi connectivity index (χ1v) is 9.55. The molecule has 3 aliphatic rings. The number of amides is 2. The van der Waals surface area contributed by atoms with Crippen molar-refractivity contribution in [3.8, 4) is 0 Å². The van der Waals surface area contributed by atoms with Gasteiger partial charge in [-0.2, -0.15) is 0 Å². The van der Waals surface area contributed by atoms with Crippen LogP contribution in [0.3, 0.4) is 0 Å². The van der Waals surface area contributed by atoms with Crippen LogP contribution in [0.5, 0.6) is 0 Å². The molecule has 4 rings (SSSR count). The number of carbonyl (C=O) groups excluding carboxylic acids is 2. The molecule has 1 saturated carbocycles. The second-order valence-electron chi connectivity index (χ2n) is 7.65. The highest BCUT2D eigenvalue weighted by Gasteiger charge is 2.41. The Morgan fingerprint density at radius 2 is 1.81 bits per heavy atom. The van der Waals surface area contributed by atoms with Crippen LogP contribution in [-0.2, 0) is 9.59 Å². The topological polar surface area (TPSA) is 94.3 Å². The third-order valence-corrected chi connectivity index (χ3v) is 5.65. The SMILES string of the molecule is CC(NC(=O)C1NNC2CCNCC21)c1ccc(NC(=O)C2CC2)cc1.Cl. The van der Waals surface area contributed by atoms with E-state index in [9.17, 15) is 9.59 Å². The third kappa shape index (κ3) is 4.60. The van der Waals surface area contributed by atoms with Crippen molar-refractivity contribution in [2.45, 2.75) is 44.3 Å². The Bertz CT molecular complexity index is 679. The van der Waals surface area contributed by atoms with Crippen LogP contribution in [0.4, 0.5) is 5.69 Å². The monoisotopic (exact) mass is 393 g/mol. The molecular formula is C19H28ClN5O2. The van der Waals surface area contributed by atoms with Gasteiger partial charge in [0, 0.05) is 30.1 Å². The number of carbonyl (C=O) groups is 2. The number of anilines is 1. The van der Waals surface area contributed by atoms with E-state index in [0.29, 0.717) is 6.04 Å². The summed E-state index contributed by atoms with van der Waals surface area (Å²) in [7, 11) is 0. The molecule has 2 amide bonds. The van der Waals surface area contributed by atoms with Gasteiger partial charge in [0.05, 0.1) is 6.04 Å². The van der Waals surface area contributed by atoms with Gasteiger partial charge in [0.2, 0.25) is 11.8 Å². The Balaban J connectivity index is 0.00000210. The molecule has 2 aliphatic heterocycles. The fourth-order valence-electron chi connectivity index (χ4n) is 3.81. The normalized spacial score (nSPS) is 27.8. The molecule has 27 heavy (non-hydrogen) atoms. The summed E-state index contributed by atoms with van der Waals surface area (Å²) in [5.74, 6) is 0.594. The summed E-state index contributed by atoms with van der Waals surface area (Å²) in [5.41, 5.74) is 8.23. The van der Waals surface area contributed by atoms with Gasteiger partial charge in [0.1, 0.15) is 6.04 Å². The number of nitrogens with one attached hydrogen (secondary N) is 5. The fraction of sp³-hybridized carbons (Fsp3) is 0.579. The van der Waals surface area contributed by atoms with Gasteiger partial charge in [0.15, 0.2) is 0 Å². The first-order valence-electron chi connectivity index (χ1n) is 9.55. The molecule has 0 radical (unpaired) electrons. The number of benzene rings is 1. The maximum Gasteiger partial charge on any atom is 0.239 e. The van der Waals surface area contributed by atoms with E-state index in [2.05, 4.69) is 26.8 Å². The summed E-state index contributed by atoms with van der Waals surface area (Å²) in [6, 6.07) is 7.76. The van der Waals surface area contributed by atoms with Crippen molar-refractivity contribution in [3.63, 3.8) is 0 Å². The fourth-order valence-corrected chi connectivity index (χ4v) is 3.81. The van der Waals surface area contributed by atoms with Gasteiger partial charge in [0.25, 0.3) is 0 Å². The molecule has 1 aromatic rings. The zero-order chi connectivity index (χ0) is 18.1. The van der Waals surface area contributed by atoms with Crippen LogP contribution < -0.4 is 26.8 Å². The van der Waals surface area contributed by atoms with E-state index in [1.54, 1.807) is 0 Å². The highest BCUT2D eigenvalue weighted by molar-refractivity contribution is 5.94. The minimum Gasteiger partial charge on any atom is -0.348 e. The highest BCUT2D eigenvalue weighted by atomic mass is 35.5. The quantitative estimate of drug-likeness (QED) is 0.516. The zero-order valence-corrected chi connectivity index (χ0v) is 16.3. The van der Waals surface area contributed by atoms with Crippen LogP contribution >= 0.6 is 12.4 Å². The number of hydrogen-bond donors (Lipinski definition) is 5. The minimum absolute atomic E-state index is 0. The van der Waals surface area contributed by atoms with E-state index >= 15 is 0 Å². The van der Waals surface area contributed by atoms with Gasteiger partial charge in [-0.05, 0) is 50.4 Å². The van der Waals surface area contributed by atoms with Crippen molar-refractivity contribution in [1.29, 1.82) is 0 Å². The van der Waals surface area contributed by atoms with E-state index in [-0.39, 0.29) is 48.1 Å². The van der Waals surface area contributed by atoms with Crippen molar-refractivity contribution in [2.75, 3.05) is 18.4 Å². The average Bonchev–Trinajstić information content (AvgIpc) is 3.41. The largest absolute Gasteiger partial charge is 0.348 e. The smallest absolute Gasteiger partial charge is 0.239 e. The van der Waals surface area contributed by atoms with Gasteiger partial charge in [-0.15, -0.1) is 12.4 Å². The van der Waals surface area contributed by atoms with E-state index in [0.717, 1.165) is 43.6 Å². The van der Waals surface area contributed by atoms with Crippen molar-refractivity contribution in [1.82, 2.24) is 21.5 Å². The van der Waals surface area contributed by atoms with Crippen molar-refractivity contribution >= 4 is 29.9 Å². The van der Waals surface area contributed by atoms with Gasteiger partial charge >= 0.3 is 0 Å². The summed E-state index contributed by atoms with van der Waals surface area (Å²) in [5, 5.41) is 9.40. The molecule has 0 bridgehead atoms. The number of fused-ring (bicyclic) bond motifs is 1. The summed E-state index contributed by atoms with van der Waals surface area (Å²) in [4.78, 5) is 24.5. The second kappa shape index (κ2) is 8.56. The Hall–Kier alpha value is -1.67. The lowest BCUT2D eigenvalue weighted by Crippen LogP contribution is -2.49. The molecule has 0 aromatic heterocycles. The van der Waals surface area contributed by atoms with Crippen LogP contribution in [0.25, 0.3) is 0 Å². The van der Waals surface area contributed by atoms with E-state index in [4.69, 9.17) is 0 Å². The van der Waals surface area contributed by atoms with Crippen LogP contribution in [0.1, 0.15) is 37.8 Å². The number of hydrogen-bond acceptors (Lipinski definition) is 5. The molecule has 3 fully saturated rings. The number of halogens is 1. The Morgan fingerprint density at radius 1 is 1.07 bits per heavy atom. The summed E-state index contributed by atoms with van der Waals surface area (Å²) in [6.07, 6.45) is 3.02. The molecule has 2 saturated heterocycles. The number of piperidine rings is 1. The van der Waals surface area contributed by atoms with Gasteiger partial charge in [-0.3, -0.25) is 15.0 Å². The first-order chi connectivity index (χ1) is 12.6. The van der Waals surface area contributed by atoms with Crippen molar-refractivity contribution < 1.29 is 9.59 Å². The number of hydrazine groups is 1. The third-order valence-electron chi connectivity index (χ3n) is 5.65. The molecule has 4 atom stereocenters. The van der Waals surface area contributed by atoms with E-state index in [1.165, 1.54) is 0 Å². The van der Waals surface area contributed by atoms with E-state index in [1.807, 2.05) is 31.2 Å². The summed E-state index contributed by atoms with van der Waals surface area (Å²) >= 11 is 0. The van der Waals surface area contributed by atoms with Crippen LogP contribution in [-0.4, -0.2) is 37.0 Å². The zero-order valence-electron chi connectivity index (χ0n) is 15.5. The summed E-state index contributed by atoms with van der Waals surface area (Å²) in [6.45, 7) is 3.82. The molecule has 7 nitrogen and oxygen atoms in total. The number of rotatable bonds is 5. The minimum atomic E-state index is -0.215. The molecule has 1 aliphatic carbocycles.